The van der Waals surface area contributed by atoms with Crippen molar-refractivity contribution in [3.8, 4) is 11.8 Å². The van der Waals surface area contributed by atoms with Crippen LogP contribution in [0.2, 0.25) is 0 Å². The normalized spacial score (nSPS) is 10.1. The van der Waals surface area contributed by atoms with Crippen LogP contribution in [0.1, 0.15) is 24.2 Å². The molecule has 0 aliphatic heterocycles. The first kappa shape index (κ1) is 13.0. The molecule has 1 N–H and O–H groups in total. The molecule has 0 unspecified atom stereocenters. The van der Waals surface area contributed by atoms with E-state index in [9.17, 15) is 14.3 Å². The quantitative estimate of drug-likeness (QED) is 0.815. The van der Waals surface area contributed by atoms with Gasteiger partial charge in [0, 0.05) is 12.1 Å². The number of aromatic hydroxyl groups is 1. The number of carbonyl (C=O) groups excluding carboxylic acids is 1. The largest absolute Gasteiger partial charge is 0.507 e. The smallest absolute Gasteiger partial charge is 0.258 e. The van der Waals surface area contributed by atoms with E-state index >= 15 is 0 Å². The van der Waals surface area contributed by atoms with E-state index in [0.717, 1.165) is 12.1 Å². The van der Waals surface area contributed by atoms with Crippen LogP contribution in [0, 0.1) is 17.1 Å². The van der Waals surface area contributed by atoms with Crippen LogP contribution >= 0.6 is 0 Å². The fourth-order valence-corrected chi connectivity index (χ4v) is 1.41. The maximum absolute atomic E-state index is 12.8. The van der Waals surface area contributed by atoms with E-state index in [1.165, 1.54) is 11.0 Å². The molecule has 0 atom stereocenters. The lowest BCUT2D eigenvalue weighted by atomic mass is 10.1. The molecule has 0 saturated carbocycles. The molecule has 0 aliphatic rings. The van der Waals surface area contributed by atoms with Gasteiger partial charge in [-0.2, -0.15) is 5.26 Å². The van der Waals surface area contributed by atoms with Crippen molar-refractivity contribution in [2.45, 2.75) is 19.9 Å². The maximum atomic E-state index is 12.8. The lowest BCUT2D eigenvalue weighted by Gasteiger charge is -2.24. The van der Waals surface area contributed by atoms with Crippen LogP contribution in [-0.2, 0) is 0 Å². The van der Waals surface area contributed by atoms with Gasteiger partial charge in [-0.25, -0.2) is 4.39 Å². The van der Waals surface area contributed by atoms with Gasteiger partial charge in [0.15, 0.2) is 0 Å². The summed E-state index contributed by atoms with van der Waals surface area (Å²) in [6, 6.07) is 4.88. The van der Waals surface area contributed by atoms with Crippen molar-refractivity contribution >= 4 is 5.91 Å². The Labute approximate surface area is 98.9 Å². The SMILES string of the molecule is CC(C)N(CC#N)C(=O)c1ccc(F)cc1O. The molecule has 0 fully saturated rings. The Bertz CT molecular complexity index is 466. The minimum atomic E-state index is -0.615. The average Bonchev–Trinajstić information content (AvgIpc) is 2.24. The molecular weight excluding hydrogens is 223 g/mol. The van der Waals surface area contributed by atoms with Gasteiger partial charge in [-0.1, -0.05) is 0 Å². The Kier molecular flexibility index (Phi) is 4.05. The second-order valence-electron chi connectivity index (χ2n) is 3.85. The number of benzene rings is 1. The number of carbonyl (C=O) groups is 1. The second kappa shape index (κ2) is 5.30. The molecule has 1 aromatic rings. The van der Waals surface area contributed by atoms with Crippen molar-refractivity contribution in [3.63, 3.8) is 0 Å². The molecule has 1 aromatic carbocycles. The van der Waals surface area contributed by atoms with E-state index in [4.69, 9.17) is 5.26 Å². The van der Waals surface area contributed by atoms with E-state index in [1.54, 1.807) is 13.8 Å². The number of halogens is 1. The van der Waals surface area contributed by atoms with Crippen LogP contribution in [0.5, 0.6) is 5.75 Å². The van der Waals surface area contributed by atoms with Gasteiger partial charge in [-0.3, -0.25) is 4.79 Å². The highest BCUT2D eigenvalue weighted by molar-refractivity contribution is 5.97. The summed E-state index contributed by atoms with van der Waals surface area (Å²) < 4.78 is 12.8. The van der Waals surface area contributed by atoms with Crippen molar-refractivity contribution < 1.29 is 14.3 Å². The average molecular weight is 236 g/mol. The van der Waals surface area contributed by atoms with Gasteiger partial charge in [0.1, 0.15) is 18.1 Å². The molecule has 0 saturated heterocycles. The minimum absolute atomic E-state index is 0.00431. The lowest BCUT2D eigenvalue weighted by Crippen LogP contribution is -2.37. The zero-order valence-corrected chi connectivity index (χ0v) is 9.64. The Hall–Kier alpha value is -2.09. The van der Waals surface area contributed by atoms with E-state index in [2.05, 4.69) is 0 Å². The van der Waals surface area contributed by atoms with Gasteiger partial charge < -0.3 is 10.0 Å². The first-order valence-electron chi connectivity index (χ1n) is 5.13. The number of phenolic OH excluding ortho intramolecular Hbond substituents is 1. The summed E-state index contributed by atoms with van der Waals surface area (Å²) in [6.07, 6.45) is 0. The molecule has 0 heterocycles. The highest BCUT2D eigenvalue weighted by Crippen LogP contribution is 2.20. The summed E-state index contributed by atoms with van der Waals surface area (Å²) in [6.45, 7) is 3.44. The Morgan fingerprint density at radius 3 is 2.71 bits per heavy atom. The lowest BCUT2D eigenvalue weighted by molar-refractivity contribution is 0.0728. The first-order chi connectivity index (χ1) is 7.97. The molecule has 1 amide bonds. The number of nitriles is 1. The molecule has 0 aromatic heterocycles. The van der Waals surface area contributed by atoms with Crippen LogP contribution in [0.25, 0.3) is 0 Å². The van der Waals surface area contributed by atoms with Crippen molar-refractivity contribution in [2.24, 2.45) is 0 Å². The van der Waals surface area contributed by atoms with Gasteiger partial charge in [0.25, 0.3) is 5.91 Å². The third-order valence-electron chi connectivity index (χ3n) is 2.32. The summed E-state index contributed by atoms with van der Waals surface area (Å²) >= 11 is 0. The van der Waals surface area contributed by atoms with Crippen LogP contribution in [0.3, 0.4) is 0 Å². The molecule has 0 radical (unpaired) electrons. The summed E-state index contributed by atoms with van der Waals surface area (Å²) in [5.74, 6) is -1.52. The molecule has 0 aliphatic carbocycles. The molecular formula is C12H13FN2O2. The Morgan fingerprint density at radius 1 is 1.59 bits per heavy atom. The summed E-state index contributed by atoms with van der Waals surface area (Å²) in [4.78, 5) is 13.3. The summed E-state index contributed by atoms with van der Waals surface area (Å²) in [5, 5.41) is 18.1. The number of rotatable bonds is 3. The standard InChI is InChI=1S/C12H13FN2O2/c1-8(2)15(6-5-14)12(17)10-4-3-9(13)7-11(10)16/h3-4,7-8,16H,6H2,1-2H3. The van der Waals surface area contributed by atoms with Gasteiger partial charge >= 0.3 is 0 Å². The minimum Gasteiger partial charge on any atom is -0.507 e. The maximum Gasteiger partial charge on any atom is 0.258 e. The third kappa shape index (κ3) is 2.94. The number of phenols is 1. The topological polar surface area (TPSA) is 64.3 Å². The highest BCUT2D eigenvalue weighted by atomic mass is 19.1. The fourth-order valence-electron chi connectivity index (χ4n) is 1.41. The number of hydrogen-bond acceptors (Lipinski definition) is 3. The number of nitrogens with zero attached hydrogens (tertiary/aromatic N) is 2. The van der Waals surface area contributed by atoms with Gasteiger partial charge in [0.2, 0.25) is 0 Å². The van der Waals surface area contributed by atoms with Gasteiger partial charge in [-0.05, 0) is 26.0 Å². The van der Waals surface area contributed by atoms with Gasteiger partial charge in [0.05, 0.1) is 11.6 Å². The van der Waals surface area contributed by atoms with E-state index < -0.39 is 17.5 Å². The molecule has 0 bridgehead atoms. The second-order valence-corrected chi connectivity index (χ2v) is 3.85. The summed E-state index contributed by atoms with van der Waals surface area (Å²) in [7, 11) is 0. The van der Waals surface area contributed by atoms with Crippen molar-refractivity contribution in [3.05, 3.63) is 29.6 Å². The van der Waals surface area contributed by atoms with Crippen molar-refractivity contribution in [2.75, 3.05) is 6.54 Å². The zero-order chi connectivity index (χ0) is 13.0. The third-order valence-corrected chi connectivity index (χ3v) is 2.32. The van der Waals surface area contributed by atoms with Crippen molar-refractivity contribution in [1.29, 1.82) is 5.26 Å². The van der Waals surface area contributed by atoms with Crippen molar-refractivity contribution in [1.82, 2.24) is 4.90 Å². The molecule has 5 heteroatoms. The number of amides is 1. The molecule has 17 heavy (non-hydrogen) atoms. The predicted molar refractivity (Wildman–Crippen MR) is 59.9 cm³/mol. The molecule has 1 rings (SSSR count). The highest BCUT2D eigenvalue weighted by Gasteiger charge is 2.21. The first-order valence-corrected chi connectivity index (χ1v) is 5.13. The van der Waals surface area contributed by atoms with E-state index in [-0.39, 0.29) is 18.2 Å². The van der Waals surface area contributed by atoms with Gasteiger partial charge in [-0.15, -0.1) is 0 Å². The van der Waals surface area contributed by atoms with E-state index in [1.807, 2.05) is 6.07 Å². The predicted octanol–water partition coefficient (Wildman–Crippen LogP) is 1.91. The van der Waals surface area contributed by atoms with Crippen LogP contribution in [-0.4, -0.2) is 28.5 Å². The molecule has 90 valence electrons. The zero-order valence-electron chi connectivity index (χ0n) is 9.64. The number of hydrogen-bond donors (Lipinski definition) is 1. The van der Waals surface area contributed by atoms with Crippen LogP contribution in [0.15, 0.2) is 18.2 Å². The summed E-state index contributed by atoms with van der Waals surface area (Å²) in [5.41, 5.74) is -0.00431. The van der Waals surface area contributed by atoms with Crippen LogP contribution < -0.4 is 0 Å². The Morgan fingerprint density at radius 2 is 2.24 bits per heavy atom. The van der Waals surface area contributed by atoms with E-state index in [0.29, 0.717) is 0 Å². The molecule has 0 spiro atoms. The Balaban J connectivity index is 3.06. The fraction of sp³-hybridized carbons (Fsp3) is 0.333. The van der Waals surface area contributed by atoms with Crippen LogP contribution in [0.4, 0.5) is 4.39 Å². The molecule has 4 nitrogen and oxygen atoms in total. The monoisotopic (exact) mass is 236 g/mol.